The number of piperidine rings is 1. The van der Waals surface area contributed by atoms with Crippen molar-refractivity contribution < 1.29 is 9.53 Å². The molecular weight excluding hydrogens is 402 g/mol. The van der Waals surface area contributed by atoms with Crippen LogP contribution in [0.15, 0.2) is 48.5 Å². The van der Waals surface area contributed by atoms with E-state index in [9.17, 15) is 4.79 Å². The number of aromatic nitrogens is 3. The first-order valence-electron chi connectivity index (χ1n) is 11.2. The first-order valence-corrected chi connectivity index (χ1v) is 11.2. The van der Waals surface area contributed by atoms with E-state index >= 15 is 0 Å². The third-order valence-electron chi connectivity index (χ3n) is 6.21. The molecule has 1 aliphatic rings. The Morgan fingerprint density at radius 2 is 1.94 bits per heavy atom. The summed E-state index contributed by atoms with van der Waals surface area (Å²) in [7, 11) is 1.62. The first-order chi connectivity index (χ1) is 15.5. The van der Waals surface area contributed by atoms with Crippen molar-refractivity contribution in [3.05, 3.63) is 71.0 Å². The third kappa shape index (κ3) is 4.99. The van der Waals surface area contributed by atoms with E-state index in [2.05, 4.69) is 51.7 Å². The fraction of sp³-hybridized carbons (Fsp3) is 0.400. The van der Waals surface area contributed by atoms with Crippen molar-refractivity contribution in [2.45, 2.75) is 52.2 Å². The normalized spacial score (nSPS) is 16.7. The van der Waals surface area contributed by atoms with Gasteiger partial charge in [-0.05, 0) is 56.5 Å². The van der Waals surface area contributed by atoms with E-state index in [1.54, 1.807) is 11.8 Å². The van der Waals surface area contributed by atoms with Crippen molar-refractivity contribution in [3.8, 4) is 11.4 Å². The van der Waals surface area contributed by atoms with Crippen molar-refractivity contribution in [1.29, 1.82) is 0 Å². The molecule has 1 unspecified atom stereocenters. The van der Waals surface area contributed by atoms with Gasteiger partial charge < -0.3 is 10.1 Å². The van der Waals surface area contributed by atoms with Crippen LogP contribution in [0.3, 0.4) is 0 Å². The summed E-state index contributed by atoms with van der Waals surface area (Å²) in [6, 6.07) is 16.6. The zero-order valence-electron chi connectivity index (χ0n) is 19.0. The zero-order chi connectivity index (χ0) is 22.5. The molecule has 0 radical (unpaired) electrons. The van der Waals surface area contributed by atoms with Crippen molar-refractivity contribution in [3.63, 3.8) is 0 Å². The maximum absolute atomic E-state index is 12.7. The van der Waals surface area contributed by atoms with E-state index in [1.807, 2.05) is 31.2 Å². The Kier molecular flexibility index (Phi) is 6.85. The van der Waals surface area contributed by atoms with Crippen LogP contribution in [0.25, 0.3) is 5.69 Å². The highest BCUT2D eigenvalue weighted by Gasteiger charge is 2.19. The topological polar surface area (TPSA) is 72.3 Å². The van der Waals surface area contributed by atoms with E-state index in [-0.39, 0.29) is 5.91 Å². The SMILES string of the molecule is COc1cccc(-n2nnc(C(=O)NCc3ccc(CN4CCCCC4C)cc3)c2C)c1. The summed E-state index contributed by atoms with van der Waals surface area (Å²) in [5.74, 6) is 0.490. The molecule has 168 valence electrons. The third-order valence-corrected chi connectivity index (χ3v) is 6.21. The molecule has 2 aromatic carbocycles. The maximum Gasteiger partial charge on any atom is 0.274 e. The van der Waals surface area contributed by atoms with E-state index < -0.39 is 0 Å². The summed E-state index contributed by atoms with van der Waals surface area (Å²) in [6.07, 6.45) is 3.91. The number of nitrogens with one attached hydrogen (secondary N) is 1. The van der Waals surface area contributed by atoms with Gasteiger partial charge in [0.25, 0.3) is 5.91 Å². The molecule has 32 heavy (non-hydrogen) atoms. The number of benzene rings is 2. The molecule has 1 N–H and O–H groups in total. The van der Waals surface area contributed by atoms with Crippen LogP contribution in [-0.2, 0) is 13.1 Å². The monoisotopic (exact) mass is 433 g/mol. The van der Waals surface area contributed by atoms with Crippen LogP contribution in [0.1, 0.15) is 53.5 Å². The fourth-order valence-electron chi connectivity index (χ4n) is 4.18. The Hall–Kier alpha value is -3.19. The predicted molar refractivity (Wildman–Crippen MR) is 124 cm³/mol. The van der Waals surface area contributed by atoms with Gasteiger partial charge in [-0.25, -0.2) is 4.68 Å². The average Bonchev–Trinajstić information content (AvgIpc) is 3.21. The van der Waals surface area contributed by atoms with Crippen molar-refractivity contribution in [1.82, 2.24) is 25.2 Å². The number of carbonyl (C=O) groups is 1. The second-order valence-electron chi connectivity index (χ2n) is 8.45. The van der Waals surface area contributed by atoms with Gasteiger partial charge in [0.1, 0.15) is 5.75 Å². The lowest BCUT2D eigenvalue weighted by atomic mass is 10.0. The molecule has 0 spiro atoms. The Morgan fingerprint density at radius 3 is 2.69 bits per heavy atom. The van der Waals surface area contributed by atoms with Crippen LogP contribution in [0.4, 0.5) is 0 Å². The van der Waals surface area contributed by atoms with Gasteiger partial charge in [-0.2, -0.15) is 0 Å². The second kappa shape index (κ2) is 9.96. The van der Waals surface area contributed by atoms with Crippen LogP contribution in [0.2, 0.25) is 0 Å². The van der Waals surface area contributed by atoms with Crippen LogP contribution in [0, 0.1) is 6.92 Å². The number of nitrogens with zero attached hydrogens (tertiary/aromatic N) is 4. The number of likely N-dealkylation sites (tertiary alicyclic amines) is 1. The van der Waals surface area contributed by atoms with Gasteiger partial charge in [0.05, 0.1) is 18.5 Å². The van der Waals surface area contributed by atoms with Gasteiger partial charge in [0.2, 0.25) is 0 Å². The lowest BCUT2D eigenvalue weighted by molar-refractivity contribution is 0.0945. The van der Waals surface area contributed by atoms with Gasteiger partial charge >= 0.3 is 0 Å². The zero-order valence-corrected chi connectivity index (χ0v) is 19.0. The highest BCUT2D eigenvalue weighted by atomic mass is 16.5. The van der Waals surface area contributed by atoms with Gasteiger partial charge in [0.15, 0.2) is 5.69 Å². The van der Waals surface area contributed by atoms with Gasteiger partial charge in [-0.3, -0.25) is 9.69 Å². The second-order valence-corrected chi connectivity index (χ2v) is 8.45. The maximum atomic E-state index is 12.7. The van der Waals surface area contributed by atoms with Crippen molar-refractivity contribution in [2.75, 3.05) is 13.7 Å². The number of methoxy groups -OCH3 is 1. The molecule has 0 bridgehead atoms. The molecule has 7 nitrogen and oxygen atoms in total. The summed E-state index contributed by atoms with van der Waals surface area (Å²) in [5, 5.41) is 11.2. The molecule has 1 amide bonds. The average molecular weight is 434 g/mol. The minimum atomic E-state index is -0.233. The number of amides is 1. The molecule has 0 aliphatic carbocycles. The summed E-state index contributed by atoms with van der Waals surface area (Å²) in [5.41, 5.74) is 4.18. The molecule has 1 fully saturated rings. The van der Waals surface area contributed by atoms with Crippen LogP contribution in [-0.4, -0.2) is 45.5 Å². The smallest absolute Gasteiger partial charge is 0.274 e. The van der Waals surface area contributed by atoms with Crippen molar-refractivity contribution >= 4 is 5.91 Å². The first kappa shape index (κ1) is 22.0. The number of ether oxygens (including phenoxy) is 1. The fourth-order valence-corrected chi connectivity index (χ4v) is 4.18. The van der Waals surface area contributed by atoms with Crippen molar-refractivity contribution in [2.24, 2.45) is 0 Å². The predicted octanol–water partition coefficient (Wildman–Crippen LogP) is 3.89. The van der Waals surface area contributed by atoms with E-state index in [1.165, 1.54) is 31.4 Å². The molecule has 0 saturated carbocycles. The summed E-state index contributed by atoms with van der Waals surface area (Å²) in [6.45, 7) is 6.76. The number of rotatable bonds is 7. The van der Waals surface area contributed by atoms with Gasteiger partial charge in [0, 0.05) is 25.2 Å². The molecule has 1 saturated heterocycles. The standard InChI is InChI=1S/C25H31N5O2/c1-18-7-4-5-14-29(18)17-21-12-10-20(11-13-21)16-26-25(31)24-19(2)30(28-27-24)22-8-6-9-23(15-22)32-3/h6,8-13,15,18H,4-5,7,14,16-17H2,1-3H3,(H,26,31). The van der Waals surface area contributed by atoms with Gasteiger partial charge in [-0.1, -0.05) is 42.0 Å². The molecular formula is C25H31N5O2. The van der Waals surface area contributed by atoms with E-state index in [0.717, 1.165) is 23.5 Å². The summed E-state index contributed by atoms with van der Waals surface area (Å²) < 4.78 is 6.92. The van der Waals surface area contributed by atoms with Crippen LogP contribution < -0.4 is 10.1 Å². The van der Waals surface area contributed by atoms with E-state index in [4.69, 9.17) is 4.74 Å². The number of carbonyl (C=O) groups excluding carboxylic acids is 1. The molecule has 1 aliphatic heterocycles. The highest BCUT2D eigenvalue weighted by molar-refractivity contribution is 5.93. The molecule has 4 rings (SSSR count). The molecule has 3 aromatic rings. The van der Waals surface area contributed by atoms with Gasteiger partial charge in [-0.15, -0.1) is 5.10 Å². The quantitative estimate of drug-likeness (QED) is 0.612. The number of hydrogen-bond donors (Lipinski definition) is 1. The summed E-state index contributed by atoms with van der Waals surface area (Å²) >= 11 is 0. The Labute approximate surface area is 189 Å². The Balaban J connectivity index is 1.36. The molecule has 1 aromatic heterocycles. The summed E-state index contributed by atoms with van der Waals surface area (Å²) in [4.78, 5) is 15.3. The lowest BCUT2D eigenvalue weighted by Crippen LogP contribution is -2.36. The Morgan fingerprint density at radius 1 is 1.16 bits per heavy atom. The molecule has 1 atom stereocenters. The highest BCUT2D eigenvalue weighted by Crippen LogP contribution is 2.20. The minimum absolute atomic E-state index is 0.233. The molecule has 2 heterocycles. The Bertz CT molecular complexity index is 1060. The number of hydrogen-bond acceptors (Lipinski definition) is 5. The van der Waals surface area contributed by atoms with E-state index in [0.29, 0.717) is 24.0 Å². The largest absolute Gasteiger partial charge is 0.497 e. The molecule has 7 heteroatoms. The van der Waals surface area contributed by atoms with Crippen LogP contribution in [0.5, 0.6) is 5.75 Å². The van der Waals surface area contributed by atoms with Crippen LogP contribution >= 0.6 is 0 Å². The lowest BCUT2D eigenvalue weighted by Gasteiger charge is -2.33. The minimum Gasteiger partial charge on any atom is -0.497 e.